The number of aromatic amines is 1. The molecule has 0 aliphatic heterocycles. The highest BCUT2D eigenvalue weighted by atomic mass is 19.1. The summed E-state index contributed by atoms with van der Waals surface area (Å²) in [4.78, 5) is 21.9. The van der Waals surface area contributed by atoms with Crippen LogP contribution >= 0.6 is 0 Å². The summed E-state index contributed by atoms with van der Waals surface area (Å²) in [5.41, 5.74) is 6.35. The summed E-state index contributed by atoms with van der Waals surface area (Å²) in [7, 11) is 0. The molecule has 0 amide bonds. The van der Waals surface area contributed by atoms with Crippen LogP contribution in [-0.2, 0) is 0 Å². The zero-order valence-electron chi connectivity index (χ0n) is 11.6. The van der Waals surface area contributed by atoms with Crippen LogP contribution in [0.5, 0.6) is 0 Å². The Morgan fingerprint density at radius 1 is 1.43 bits per heavy atom. The Morgan fingerprint density at radius 2 is 2.22 bits per heavy atom. The molecule has 0 spiro atoms. The second kappa shape index (κ2) is 5.37. The van der Waals surface area contributed by atoms with Crippen molar-refractivity contribution >= 4 is 40.4 Å². The molecule has 0 saturated heterocycles. The Morgan fingerprint density at radius 3 is 2.91 bits per heavy atom. The van der Waals surface area contributed by atoms with E-state index in [0.717, 1.165) is 12.3 Å². The van der Waals surface area contributed by atoms with Gasteiger partial charge in [-0.25, -0.2) is 19.2 Å². The minimum absolute atomic E-state index is 0.0234. The number of anilines is 3. The van der Waals surface area contributed by atoms with Crippen LogP contribution in [0.1, 0.15) is 15.9 Å². The number of aromatic nitrogens is 3. The molecule has 0 aliphatic carbocycles. The van der Waals surface area contributed by atoms with Gasteiger partial charge in [0.2, 0.25) is 0 Å². The molecule has 6 N–H and O–H groups in total. The van der Waals surface area contributed by atoms with Crippen molar-refractivity contribution in [3.8, 4) is 0 Å². The number of nitrogens with zero attached hydrogens (tertiary/aromatic N) is 2. The van der Waals surface area contributed by atoms with Gasteiger partial charge in [0.15, 0.2) is 0 Å². The second-order valence-electron chi connectivity index (χ2n) is 4.68. The normalized spacial score (nSPS) is 10.7. The number of nitrogen functional groups attached to an aromatic ring is 1. The summed E-state index contributed by atoms with van der Waals surface area (Å²) in [5.74, 6) is -1.67. The predicted octanol–water partition coefficient (Wildman–Crippen LogP) is 2.12. The van der Waals surface area contributed by atoms with Crippen molar-refractivity contribution in [3.63, 3.8) is 0 Å². The van der Waals surface area contributed by atoms with Crippen LogP contribution < -0.4 is 11.1 Å². The van der Waals surface area contributed by atoms with Crippen LogP contribution in [0.2, 0.25) is 0 Å². The molecule has 3 aromatic rings. The van der Waals surface area contributed by atoms with Gasteiger partial charge >= 0.3 is 5.97 Å². The van der Waals surface area contributed by atoms with Gasteiger partial charge in [0.25, 0.3) is 0 Å². The number of carboxylic acids is 1. The molecule has 0 bridgehead atoms. The molecule has 0 unspecified atom stereocenters. The van der Waals surface area contributed by atoms with Gasteiger partial charge in [-0.15, -0.1) is 0 Å². The van der Waals surface area contributed by atoms with E-state index in [1.54, 1.807) is 0 Å². The fraction of sp³-hybridized carbons (Fsp3) is 0. The number of rotatable bonds is 4. The highest BCUT2D eigenvalue weighted by Crippen LogP contribution is 2.29. The number of carboxylic acid groups (broad SMARTS) is 1. The van der Waals surface area contributed by atoms with Gasteiger partial charge in [-0.3, -0.25) is 0 Å². The van der Waals surface area contributed by atoms with E-state index in [1.165, 1.54) is 18.6 Å². The predicted molar refractivity (Wildman–Crippen MR) is 82.8 cm³/mol. The van der Waals surface area contributed by atoms with E-state index in [4.69, 9.17) is 11.1 Å². The van der Waals surface area contributed by atoms with Crippen molar-refractivity contribution in [1.82, 2.24) is 15.0 Å². The largest absolute Gasteiger partial charge is 0.478 e. The summed E-state index contributed by atoms with van der Waals surface area (Å²) in [5, 5.41) is 19.4. The van der Waals surface area contributed by atoms with E-state index in [2.05, 4.69) is 20.3 Å². The minimum atomic E-state index is -1.16. The lowest BCUT2D eigenvalue weighted by atomic mass is 10.1. The lowest BCUT2D eigenvalue weighted by Gasteiger charge is -2.10. The molecule has 116 valence electrons. The first-order valence-corrected chi connectivity index (χ1v) is 6.43. The molecule has 0 fully saturated rings. The van der Waals surface area contributed by atoms with Crippen LogP contribution in [0.25, 0.3) is 11.0 Å². The molecule has 1 aromatic carbocycles. The Labute approximate surface area is 128 Å². The molecule has 8 nitrogen and oxygen atoms in total. The first kappa shape index (κ1) is 14.4. The lowest BCUT2D eigenvalue weighted by Crippen LogP contribution is -2.03. The zero-order valence-corrected chi connectivity index (χ0v) is 11.6. The third-order valence-electron chi connectivity index (χ3n) is 3.28. The first-order chi connectivity index (χ1) is 11.0. The van der Waals surface area contributed by atoms with Crippen LogP contribution in [0.3, 0.4) is 0 Å². The van der Waals surface area contributed by atoms with Crippen molar-refractivity contribution in [3.05, 3.63) is 41.6 Å². The highest BCUT2D eigenvalue weighted by Gasteiger charge is 2.17. The van der Waals surface area contributed by atoms with Gasteiger partial charge in [-0.05, 0) is 12.1 Å². The molecule has 0 saturated carbocycles. The average Bonchev–Trinajstić information content (AvgIpc) is 2.95. The maximum absolute atomic E-state index is 14.1. The van der Waals surface area contributed by atoms with E-state index in [-0.39, 0.29) is 28.1 Å². The topological polar surface area (TPSA) is 141 Å². The number of nitrogens with one attached hydrogen (secondary N) is 3. The van der Waals surface area contributed by atoms with Crippen molar-refractivity contribution in [2.45, 2.75) is 0 Å². The summed E-state index contributed by atoms with van der Waals surface area (Å²) < 4.78 is 14.1. The van der Waals surface area contributed by atoms with Crippen LogP contribution in [-0.4, -0.2) is 32.2 Å². The third-order valence-corrected chi connectivity index (χ3v) is 3.28. The van der Waals surface area contributed by atoms with E-state index >= 15 is 0 Å². The summed E-state index contributed by atoms with van der Waals surface area (Å²) in [6.07, 6.45) is 3.50. The molecular weight excluding hydrogens is 303 g/mol. The Bertz CT molecular complexity index is 936. The fourth-order valence-electron chi connectivity index (χ4n) is 2.18. The standard InChI is InChI=1S/C14H11FN6O2/c15-8-2-9(17)6(3-16)1-10(8)21-13-11-7(14(22)23)4-18-12(11)19-5-20-13/h1-5,16H,17H2,(H,22,23)(H2,18,19,20,21). The first-order valence-electron chi connectivity index (χ1n) is 6.43. The number of carbonyl (C=O) groups is 1. The molecule has 3 rings (SSSR count). The maximum atomic E-state index is 14.1. The summed E-state index contributed by atoms with van der Waals surface area (Å²) in [6, 6.07) is 2.43. The molecule has 2 aromatic heterocycles. The fourth-order valence-corrected chi connectivity index (χ4v) is 2.18. The van der Waals surface area contributed by atoms with Gasteiger partial charge in [0.1, 0.15) is 23.6 Å². The molecule has 23 heavy (non-hydrogen) atoms. The zero-order chi connectivity index (χ0) is 16.6. The van der Waals surface area contributed by atoms with Gasteiger partial charge < -0.3 is 26.6 Å². The van der Waals surface area contributed by atoms with Gasteiger partial charge in [-0.2, -0.15) is 0 Å². The van der Waals surface area contributed by atoms with Crippen molar-refractivity contribution in [2.24, 2.45) is 0 Å². The van der Waals surface area contributed by atoms with Crippen molar-refractivity contribution in [1.29, 1.82) is 5.41 Å². The van der Waals surface area contributed by atoms with E-state index in [9.17, 15) is 14.3 Å². The number of benzene rings is 1. The Balaban J connectivity index is 2.14. The number of hydrogen-bond donors (Lipinski definition) is 5. The van der Waals surface area contributed by atoms with Gasteiger partial charge in [0.05, 0.1) is 16.6 Å². The number of halogens is 1. The van der Waals surface area contributed by atoms with Crippen LogP contribution in [0.4, 0.5) is 21.6 Å². The summed E-state index contributed by atoms with van der Waals surface area (Å²) in [6.45, 7) is 0. The smallest absolute Gasteiger partial charge is 0.338 e. The van der Waals surface area contributed by atoms with E-state index < -0.39 is 11.8 Å². The number of nitrogens with two attached hydrogens (primary N) is 1. The molecule has 9 heteroatoms. The third kappa shape index (κ3) is 2.44. The monoisotopic (exact) mass is 314 g/mol. The maximum Gasteiger partial charge on any atom is 0.338 e. The van der Waals surface area contributed by atoms with Crippen LogP contribution in [0.15, 0.2) is 24.7 Å². The number of hydrogen-bond acceptors (Lipinski definition) is 6. The average molecular weight is 314 g/mol. The molecule has 0 atom stereocenters. The SMILES string of the molecule is N=Cc1cc(Nc2ncnc3[nH]cc(C(=O)O)c23)c(F)cc1N. The second-order valence-corrected chi connectivity index (χ2v) is 4.68. The molecule has 0 radical (unpaired) electrons. The quantitative estimate of drug-likeness (QED) is 0.369. The molecule has 0 aliphatic rings. The highest BCUT2D eigenvalue weighted by molar-refractivity contribution is 6.07. The minimum Gasteiger partial charge on any atom is -0.478 e. The molecule has 2 heterocycles. The van der Waals surface area contributed by atoms with Gasteiger partial charge in [-0.1, -0.05) is 0 Å². The van der Waals surface area contributed by atoms with Crippen molar-refractivity contribution < 1.29 is 14.3 Å². The number of H-pyrrole nitrogens is 1. The Kier molecular flexibility index (Phi) is 3.37. The van der Waals surface area contributed by atoms with Gasteiger partial charge in [0, 0.05) is 23.7 Å². The Hall–Kier alpha value is -3.49. The van der Waals surface area contributed by atoms with Crippen LogP contribution in [0, 0.1) is 11.2 Å². The number of aromatic carboxylic acids is 1. The van der Waals surface area contributed by atoms with E-state index in [0.29, 0.717) is 11.2 Å². The summed E-state index contributed by atoms with van der Waals surface area (Å²) >= 11 is 0. The lowest BCUT2D eigenvalue weighted by molar-refractivity contribution is 0.0699. The number of fused-ring (bicyclic) bond motifs is 1. The van der Waals surface area contributed by atoms with Crippen molar-refractivity contribution in [2.75, 3.05) is 11.1 Å². The van der Waals surface area contributed by atoms with E-state index in [1.807, 2.05) is 0 Å². The molecular formula is C14H11FN6O2.